The lowest BCUT2D eigenvalue weighted by atomic mass is 9.77. The third-order valence-electron chi connectivity index (χ3n) is 6.75. The molecule has 6 heteroatoms. The Bertz CT molecular complexity index is 1340. The van der Waals surface area contributed by atoms with Gasteiger partial charge in [-0.25, -0.2) is 4.98 Å². The fraction of sp³-hybridized carbons (Fsp3) is 0.156. The molecule has 2 heterocycles. The number of ether oxygens (including phenoxy) is 1. The molecule has 1 N–H and O–H groups in total. The van der Waals surface area contributed by atoms with Crippen molar-refractivity contribution in [3.8, 4) is 0 Å². The van der Waals surface area contributed by atoms with Gasteiger partial charge in [0.25, 0.3) is 0 Å². The van der Waals surface area contributed by atoms with E-state index in [1.54, 1.807) is 6.20 Å². The molecule has 190 valence electrons. The van der Waals surface area contributed by atoms with Gasteiger partial charge in [0.15, 0.2) is 0 Å². The summed E-state index contributed by atoms with van der Waals surface area (Å²) in [5.74, 6) is -0.337. The Hall–Kier alpha value is -4.55. The van der Waals surface area contributed by atoms with Gasteiger partial charge in [0, 0.05) is 25.4 Å². The maximum atomic E-state index is 12.7. The molecule has 0 aliphatic carbocycles. The summed E-state index contributed by atoms with van der Waals surface area (Å²) in [4.78, 5) is 21.8. The van der Waals surface area contributed by atoms with E-state index < -0.39 is 11.6 Å². The van der Waals surface area contributed by atoms with E-state index >= 15 is 0 Å². The van der Waals surface area contributed by atoms with Crippen molar-refractivity contribution in [1.82, 2.24) is 19.9 Å². The standard InChI is InChI=1S/C32H30N4O2/c1-38-31(37)30(34-22-28-19-11-12-20-33-28)21-29-23-36(24-35-29)32(25-13-5-2-6-14-25,26-15-7-3-8-16-26)27-17-9-4-10-18-27/h2-20,23-24,30,34H,21-22H2,1H3/t30-/m0/s1. The Morgan fingerprint density at radius 3 is 1.84 bits per heavy atom. The first-order chi connectivity index (χ1) is 18.7. The van der Waals surface area contributed by atoms with Crippen LogP contribution in [-0.4, -0.2) is 33.7 Å². The average molecular weight is 503 g/mol. The highest BCUT2D eigenvalue weighted by atomic mass is 16.5. The van der Waals surface area contributed by atoms with Crippen LogP contribution in [0.3, 0.4) is 0 Å². The van der Waals surface area contributed by atoms with Crippen molar-refractivity contribution in [2.24, 2.45) is 0 Å². The number of methoxy groups -OCH3 is 1. The van der Waals surface area contributed by atoms with Gasteiger partial charge in [-0.05, 0) is 28.8 Å². The molecule has 3 aromatic carbocycles. The molecule has 0 amide bonds. The van der Waals surface area contributed by atoms with E-state index in [0.717, 1.165) is 28.1 Å². The smallest absolute Gasteiger partial charge is 0.323 e. The van der Waals surface area contributed by atoms with Gasteiger partial charge in [0.2, 0.25) is 0 Å². The highest BCUT2D eigenvalue weighted by molar-refractivity contribution is 5.76. The van der Waals surface area contributed by atoms with E-state index in [0.29, 0.717) is 13.0 Å². The lowest BCUT2D eigenvalue weighted by molar-refractivity contribution is -0.143. The SMILES string of the molecule is COC(=O)[C@H](Cc1cn(C(c2ccccc2)(c2ccccc2)c2ccccc2)cn1)NCc1ccccn1. The minimum Gasteiger partial charge on any atom is -0.468 e. The fourth-order valence-electron chi connectivity index (χ4n) is 4.96. The van der Waals surface area contributed by atoms with Gasteiger partial charge in [-0.15, -0.1) is 0 Å². The van der Waals surface area contributed by atoms with E-state index in [-0.39, 0.29) is 5.97 Å². The molecule has 5 rings (SSSR count). The van der Waals surface area contributed by atoms with E-state index in [1.807, 2.05) is 48.9 Å². The van der Waals surface area contributed by atoms with Crippen molar-refractivity contribution in [3.05, 3.63) is 156 Å². The molecule has 0 spiro atoms. The van der Waals surface area contributed by atoms with Gasteiger partial charge in [-0.2, -0.15) is 0 Å². The number of hydrogen-bond acceptors (Lipinski definition) is 5. The third kappa shape index (κ3) is 5.12. The lowest BCUT2D eigenvalue weighted by Gasteiger charge is -2.37. The number of carbonyl (C=O) groups is 1. The molecule has 0 aliphatic rings. The maximum Gasteiger partial charge on any atom is 0.323 e. The van der Waals surface area contributed by atoms with Crippen LogP contribution in [0.25, 0.3) is 0 Å². The molecule has 5 aromatic rings. The van der Waals surface area contributed by atoms with Gasteiger partial charge < -0.3 is 9.30 Å². The summed E-state index contributed by atoms with van der Waals surface area (Å²) in [7, 11) is 1.40. The summed E-state index contributed by atoms with van der Waals surface area (Å²) in [6, 6.07) is 36.4. The molecule has 1 atom stereocenters. The number of carbonyl (C=O) groups excluding carboxylic acids is 1. The van der Waals surface area contributed by atoms with Gasteiger partial charge >= 0.3 is 5.97 Å². The second kappa shape index (κ2) is 11.7. The summed E-state index contributed by atoms with van der Waals surface area (Å²) in [6.07, 6.45) is 6.00. The fourth-order valence-corrected chi connectivity index (χ4v) is 4.96. The molecule has 6 nitrogen and oxygen atoms in total. The predicted molar refractivity (Wildman–Crippen MR) is 147 cm³/mol. The number of rotatable bonds is 10. The summed E-state index contributed by atoms with van der Waals surface area (Å²) in [6.45, 7) is 0.448. The highest BCUT2D eigenvalue weighted by Gasteiger charge is 2.38. The lowest BCUT2D eigenvalue weighted by Crippen LogP contribution is -2.39. The second-order valence-electron chi connectivity index (χ2n) is 9.06. The maximum absolute atomic E-state index is 12.7. The van der Waals surface area contributed by atoms with Crippen molar-refractivity contribution in [1.29, 1.82) is 0 Å². The second-order valence-corrected chi connectivity index (χ2v) is 9.06. The van der Waals surface area contributed by atoms with Crippen LogP contribution in [0.1, 0.15) is 28.1 Å². The van der Waals surface area contributed by atoms with Crippen molar-refractivity contribution in [2.45, 2.75) is 24.5 Å². The number of esters is 1. The zero-order chi connectivity index (χ0) is 26.2. The van der Waals surface area contributed by atoms with Gasteiger partial charge in [0.05, 0.1) is 24.8 Å². The van der Waals surface area contributed by atoms with Crippen LogP contribution in [0.4, 0.5) is 0 Å². The van der Waals surface area contributed by atoms with Gasteiger partial charge in [0.1, 0.15) is 11.6 Å². The molecule has 2 aromatic heterocycles. The molecular weight excluding hydrogens is 472 g/mol. The number of hydrogen-bond donors (Lipinski definition) is 1. The number of benzene rings is 3. The number of imidazole rings is 1. The van der Waals surface area contributed by atoms with E-state index in [9.17, 15) is 4.79 Å². The molecule has 0 radical (unpaired) electrons. The molecule has 0 aliphatic heterocycles. The first-order valence-corrected chi connectivity index (χ1v) is 12.6. The van der Waals surface area contributed by atoms with Gasteiger partial charge in [-0.3, -0.25) is 15.1 Å². The predicted octanol–water partition coefficient (Wildman–Crippen LogP) is 4.99. The van der Waals surface area contributed by atoms with Crippen LogP contribution < -0.4 is 5.32 Å². The van der Waals surface area contributed by atoms with Crippen LogP contribution in [0.5, 0.6) is 0 Å². The van der Waals surface area contributed by atoms with E-state index in [4.69, 9.17) is 9.72 Å². The Morgan fingerprint density at radius 2 is 1.34 bits per heavy atom. The first-order valence-electron chi connectivity index (χ1n) is 12.6. The first kappa shape index (κ1) is 25.1. The molecule has 0 saturated carbocycles. The number of nitrogens with one attached hydrogen (secondary N) is 1. The van der Waals surface area contributed by atoms with Crippen molar-refractivity contribution in [3.63, 3.8) is 0 Å². The number of aromatic nitrogens is 3. The molecule has 0 fully saturated rings. The normalized spacial score (nSPS) is 12.1. The zero-order valence-corrected chi connectivity index (χ0v) is 21.3. The zero-order valence-electron chi connectivity index (χ0n) is 21.3. The topological polar surface area (TPSA) is 69.0 Å². The summed E-state index contributed by atoms with van der Waals surface area (Å²) in [5, 5.41) is 3.29. The van der Waals surface area contributed by atoms with Crippen LogP contribution >= 0.6 is 0 Å². The molecule has 0 saturated heterocycles. The average Bonchev–Trinajstić information content (AvgIpc) is 3.46. The van der Waals surface area contributed by atoms with Crippen LogP contribution in [0, 0.1) is 0 Å². The highest BCUT2D eigenvalue weighted by Crippen LogP contribution is 2.40. The Balaban J connectivity index is 1.56. The Labute approximate surface area is 223 Å². The summed E-state index contributed by atoms with van der Waals surface area (Å²) >= 11 is 0. The van der Waals surface area contributed by atoms with Crippen LogP contribution in [0.15, 0.2) is 128 Å². The Morgan fingerprint density at radius 1 is 0.789 bits per heavy atom. The minimum absolute atomic E-state index is 0.337. The quantitative estimate of drug-likeness (QED) is 0.215. The number of nitrogens with zero attached hydrogens (tertiary/aromatic N) is 3. The van der Waals surface area contributed by atoms with Crippen LogP contribution in [0.2, 0.25) is 0 Å². The van der Waals surface area contributed by atoms with Crippen molar-refractivity contribution >= 4 is 5.97 Å². The van der Waals surface area contributed by atoms with Crippen molar-refractivity contribution in [2.75, 3.05) is 7.11 Å². The molecule has 0 unspecified atom stereocenters. The number of pyridine rings is 1. The third-order valence-corrected chi connectivity index (χ3v) is 6.75. The summed E-state index contributed by atoms with van der Waals surface area (Å²) < 4.78 is 7.25. The Kier molecular flexibility index (Phi) is 7.71. The molecule has 38 heavy (non-hydrogen) atoms. The monoisotopic (exact) mass is 502 g/mol. The van der Waals surface area contributed by atoms with E-state index in [2.05, 4.69) is 87.7 Å². The minimum atomic E-state index is -0.656. The largest absolute Gasteiger partial charge is 0.468 e. The van der Waals surface area contributed by atoms with Crippen LogP contribution in [-0.2, 0) is 28.0 Å². The van der Waals surface area contributed by atoms with E-state index in [1.165, 1.54) is 7.11 Å². The summed E-state index contributed by atoms with van der Waals surface area (Å²) in [5.41, 5.74) is 4.30. The molecule has 0 bridgehead atoms. The van der Waals surface area contributed by atoms with Gasteiger partial charge in [-0.1, -0.05) is 97.1 Å². The molecular formula is C32H30N4O2. The van der Waals surface area contributed by atoms with Crippen molar-refractivity contribution < 1.29 is 9.53 Å².